The van der Waals surface area contributed by atoms with Crippen LogP contribution in [0.2, 0.25) is 10.0 Å². The molecule has 8 heteroatoms. The van der Waals surface area contributed by atoms with Gasteiger partial charge in [-0.15, -0.1) is 0 Å². The molecule has 0 aliphatic rings. The largest absolute Gasteiger partial charge is 0.250 e. The topological polar surface area (TPSA) is 46.0 Å². The second-order valence-corrected chi connectivity index (χ2v) is 5.81. The van der Waals surface area contributed by atoms with Crippen LogP contribution in [0.15, 0.2) is 47.6 Å². The van der Waals surface area contributed by atoms with Gasteiger partial charge in [-0.05, 0) is 48.6 Å². The highest BCUT2D eigenvalue weighted by Gasteiger charge is 2.08. The molecule has 1 heterocycles. The van der Waals surface area contributed by atoms with E-state index in [0.29, 0.717) is 31.8 Å². The molecule has 23 heavy (non-hydrogen) atoms. The highest BCUT2D eigenvalue weighted by Crippen LogP contribution is 2.21. The molecule has 1 N–H and O–H groups in total. The second kappa shape index (κ2) is 6.62. The molecular weight excluding hydrogens is 358 g/mol. The van der Waals surface area contributed by atoms with Crippen LogP contribution in [0.1, 0.15) is 5.56 Å². The summed E-state index contributed by atoms with van der Waals surface area (Å²) < 4.78 is 14.8. The Hall–Kier alpha value is -2.02. The Balaban J connectivity index is 2.00. The first kappa shape index (κ1) is 15.9. The predicted octanol–water partition coefficient (Wildman–Crippen LogP) is 4.94. The minimum atomic E-state index is -0.328. The Morgan fingerprint density at radius 2 is 1.91 bits per heavy atom. The Labute approximate surface area is 146 Å². The van der Waals surface area contributed by atoms with E-state index in [-0.39, 0.29) is 5.82 Å². The molecule has 0 aliphatic carbocycles. The summed E-state index contributed by atoms with van der Waals surface area (Å²) in [6, 6.07) is 11.0. The molecule has 0 saturated heterocycles. The molecule has 3 aromatic rings. The van der Waals surface area contributed by atoms with Crippen molar-refractivity contribution in [1.29, 1.82) is 0 Å². The van der Waals surface area contributed by atoms with Crippen LogP contribution in [0.25, 0.3) is 11.4 Å². The fourth-order valence-electron chi connectivity index (χ4n) is 1.91. The average Bonchev–Trinajstić information content (AvgIpc) is 2.88. The summed E-state index contributed by atoms with van der Waals surface area (Å²) in [6.45, 7) is 0. The van der Waals surface area contributed by atoms with Gasteiger partial charge >= 0.3 is 0 Å². The number of rotatable bonds is 3. The van der Waals surface area contributed by atoms with E-state index in [1.165, 1.54) is 16.8 Å². The summed E-state index contributed by atoms with van der Waals surface area (Å²) >= 11 is 17.1. The van der Waals surface area contributed by atoms with Gasteiger partial charge < -0.3 is 0 Å². The lowest BCUT2D eigenvalue weighted by atomic mass is 10.2. The lowest BCUT2D eigenvalue weighted by Gasteiger charge is -2.02. The van der Waals surface area contributed by atoms with E-state index in [9.17, 15) is 4.39 Å². The van der Waals surface area contributed by atoms with Crippen LogP contribution in [-0.2, 0) is 0 Å². The number of nitrogens with zero attached hydrogens (tertiary/aromatic N) is 3. The number of benzene rings is 2. The SMILES string of the molecule is Fc1ccc(-c2n[nH]c(=S)n2/N=C/c2ccc(Cl)cc2Cl)cc1. The summed E-state index contributed by atoms with van der Waals surface area (Å²) in [6.07, 6.45) is 1.55. The first-order valence-corrected chi connectivity index (χ1v) is 7.64. The number of aromatic amines is 1. The Morgan fingerprint density at radius 3 is 2.61 bits per heavy atom. The first-order valence-electron chi connectivity index (χ1n) is 6.47. The first-order chi connectivity index (χ1) is 11.0. The smallest absolute Gasteiger partial charge is 0.216 e. The van der Waals surface area contributed by atoms with Crippen LogP contribution in [0.5, 0.6) is 0 Å². The molecule has 0 aliphatic heterocycles. The molecule has 0 fully saturated rings. The van der Waals surface area contributed by atoms with Gasteiger partial charge in [0, 0.05) is 16.1 Å². The zero-order chi connectivity index (χ0) is 16.4. The van der Waals surface area contributed by atoms with E-state index in [2.05, 4.69) is 15.3 Å². The predicted molar refractivity (Wildman–Crippen MR) is 92.3 cm³/mol. The quantitative estimate of drug-likeness (QED) is 0.527. The van der Waals surface area contributed by atoms with Crippen LogP contribution in [-0.4, -0.2) is 21.1 Å². The summed E-state index contributed by atoms with van der Waals surface area (Å²) in [5.74, 6) is 0.141. The van der Waals surface area contributed by atoms with E-state index in [1.54, 1.807) is 36.5 Å². The zero-order valence-electron chi connectivity index (χ0n) is 11.5. The zero-order valence-corrected chi connectivity index (χ0v) is 13.8. The molecular formula is C15H9Cl2FN4S. The molecule has 4 nitrogen and oxygen atoms in total. The van der Waals surface area contributed by atoms with E-state index in [0.717, 1.165) is 0 Å². The molecule has 1 aromatic heterocycles. The lowest BCUT2D eigenvalue weighted by molar-refractivity contribution is 0.628. The third kappa shape index (κ3) is 3.50. The van der Waals surface area contributed by atoms with Crippen LogP contribution >= 0.6 is 35.4 Å². The van der Waals surface area contributed by atoms with Crippen molar-refractivity contribution in [3.05, 3.63) is 68.7 Å². The van der Waals surface area contributed by atoms with Crippen molar-refractivity contribution in [1.82, 2.24) is 14.9 Å². The maximum absolute atomic E-state index is 13.0. The van der Waals surface area contributed by atoms with E-state index in [4.69, 9.17) is 35.4 Å². The molecule has 0 unspecified atom stereocenters. The Bertz CT molecular complexity index is 931. The number of nitrogens with one attached hydrogen (secondary N) is 1. The van der Waals surface area contributed by atoms with Gasteiger partial charge in [0.1, 0.15) is 5.82 Å². The molecule has 0 saturated carbocycles. The molecule has 0 radical (unpaired) electrons. The summed E-state index contributed by atoms with van der Waals surface area (Å²) in [4.78, 5) is 0. The van der Waals surface area contributed by atoms with Crippen LogP contribution in [0.3, 0.4) is 0 Å². The van der Waals surface area contributed by atoms with Crippen molar-refractivity contribution < 1.29 is 4.39 Å². The summed E-state index contributed by atoms with van der Waals surface area (Å²) in [5, 5.41) is 12.1. The highest BCUT2D eigenvalue weighted by atomic mass is 35.5. The summed E-state index contributed by atoms with van der Waals surface area (Å²) in [5.41, 5.74) is 1.36. The second-order valence-electron chi connectivity index (χ2n) is 4.58. The number of halogens is 3. The van der Waals surface area contributed by atoms with Crippen LogP contribution < -0.4 is 0 Å². The van der Waals surface area contributed by atoms with Gasteiger partial charge in [-0.2, -0.15) is 14.9 Å². The highest BCUT2D eigenvalue weighted by molar-refractivity contribution is 7.71. The monoisotopic (exact) mass is 366 g/mol. The van der Waals surface area contributed by atoms with Crippen molar-refractivity contribution in [3.8, 4) is 11.4 Å². The maximum Gasteiger partial charge on any atom is 0.216 e. The van der Waals surface area contributed by atoms with Gasteiger partial charge in [0.05, 0.1) is 11.2 Å². The van der Waals surface area contributed by atoms with E-state index < -0.39 is 0 Å². The molecule has 0 spiro atoms. The normalized spacial score (nSPS) is 11.3. The molecule has 0 bridgehead atoms. The van der Waals surface area contributed by atoms with Gasteiger partial charge in [0.2, 0.25) is 4.77 Å². The van der Waals surface area contributed by atoms with Crippen molar-refractivity contribution in [2.24, 2.45) is 5.10 Å². The number of H-pyrrole nitrogens is 1. The fourth-order valence-corrected chi connectivity index (χ4v) is 2.55. The molecule has 0 amide bonds. The van der Waals surface area contributed by atoms with Gasteiger partial charge in [-0.3, -0.25) is 0 Å². The third-order valence-corrected chi connectivity index (χ3v) is 3.85. The molecule has 116 valence electrons. The van der Waals surface area contributed by atoms with Gasteiger partial charge in [0.15, 0.2) is 5.82 Å². The molecule has 2 aromatic carbocycles. The lowest BCUT2D eigenvalue weighted by Crippen LogP contribution is -1.95. The minimum Gasteiger partial charge on any atom is -0.250 e. The number of hydrogen-bond donors (Lipinski definition) is 1. The maximum atomic E-state index is 13.0. The van der Waals surface area contributed by atoms with Gasteiger partial charge in [0.25, 0.3) is 0 Å². The van der Waals surface area contributed by atoms with Crippen molar-refractivity contribution in [2.75, 3.05) is 0 Å². The van der Waals surface area contributed by atoms with Gasteiger partial charge in [-0.25, -0.2) is 9.49 Å². The van der Waals surface area contributed by atoms with Crippen molar-refractivity contribution >= 4 is 41.6 Å². The van der Waals surface area contributed by atoms with Crippen LogP contribution in [0.4, 0.5) is 4.39 Å². The number of hydrogen-bond acceptors (Lipinski definition) is 3. The van der Waals surface area contributed by atoms with E-state index in [1.807, 2.05) is 0 Å². The average molecular weight is 367 g/mol. The van der Waals surface area contributed by atoms with Gasteiger partial charge in [-0.1, -0.05) is 29.3 Å². The molecule has 3 rings (SSSR count). The summed E-state index contributed by atoms with van der Waals surface area (Å²) in [7, 11) is 0. The van der Waals surface area contributed by atoms with Crippen LogP contribution in [0, 0.1) is 10.6 Å². The fraction of sp³-hybridized carbons (Fsp3) is 0. The number of aromatic nitrogens is 3. The van der Waals surface area contributed by atoms with Crippen molar-refractivity contribution in [2.45, 2.75) is 0 Å². The van der Waals surface area contributed by atoms with E-state index >= 15 is 0 Å². The third-order valence-electron chi connectivity index (χ3n) is 3.03. The molecule has 0 atom stereocenters. The standard InChI is InChI=1S/C15H9Cl2FN4S/c16-11-4-1-10(13(17)7-11)8-19-22-14(20-21-15(22)23)9-2-5-12(18)6-3-9/h1-8H,(H,21,23)/b19-8+. The minimum absolute atomic E-state index is 0.311. The van der Waals surface area contributed by atoms with Crippen molar-refractivity contribution in [3.63, 3.8) is 0 Å². The Morgan fingerprint density at radius 1 is 1.17 bits per heavy atom. The Kier molecular flexibility index (Phi) is 4.56.